The molecule has 1 N–H and O–H groups in total. The second-order valence-electron chi connectivity index (χ2n) is 3.27. The molecule has 0 amide bonds. The molecule has 2 rings (SSSR count). The lowest BCUT2D eigenvalue weighted by Gasteiger charge is -2.03. The number of aromatic amines is 1. The third-order valence-electron chi connectivity index (χ3n) is 2.06. The van der Waals surface area contributed by atoms with Gasteiger partial charge in [-0.15, -0.1) is 0 Å². The molecule has 0 aliphatic rings. The zero-order chi connectivity index (χ0) is 12.6. The van der Waals surface area contributed by atoms with Crippen molar-refractivity contribution in [1.82, 2.24) is 9.97 Å². The topological polar surface area (TPSA) is 28.7 Å². The highest BCUT2D eigenvalue weighted by Gasteiger charge is 2.33. The first-order valence-corrected chi connectivity index (χ1v) is 5.25. The van der Waals surface area contributed by atoms with E-state index in [9.17, 15) is 17.6 Å². The number of H-pyrrole nitrogens is 1. The van der Waals surface area contributed by atoms with Crippen LogP contribution in [-0.2, 0) is 6.18 Å². The Kier molecular flexibility index (Phi) is 2.94. The van der Waals surface area contributed by atoms with Crippen molar-refractivity contribution in [2.75, 3.05) is 0 Å². The third kappa shape index (κ3) is 2.49. The monoisotopic (exact) mass is 308 g/mol. The molecule has 0 radical (unpaired) electrons. The number of aromatic nitrogens is 2. The minimum absolute atomic E-state index is 0.0382. The van der Waals surface area contributed by atoms with Gasteiger partial charge in [-0.1, -0.05) is 15.9 Å². The summed E-state index contributed by atoms with van der Waals surface area (Å²) in [6, 6.07) is 3.70. The van der Waals surface area contributed by atoms with Crippen molar-refractivity contribution >= 4 is 15.9 Å². The molecule has 0 atom stereocenters. The van der Waals surface area contributed by atoms with Crippen molar-refractivity contribution in [1.29, 1.82) is 0 Å². The van der Waals surface area contributed by atoms with E-state index < -0.39 is 17.7 Å². The standard InChI is InChI=1S/C10H5BrF4N2/c11-7-2-1-5(12)3-6(7)9-16-4-8(17-9)10(13,14)15/h1-4H,(H,16,17). The van der Waals surface area contributed by atoms with Gasteiger partial charge in [0.15, 0.2) is 0 Å². The maximum absolute atomic E-state index is 13.0. The van der Waals surface area contributed by atoms with Gasteiger partial charge < -0.3 is 4.98 Å². The van der Waals surface area contributed by atoms with Crippen LogP contribution in [0.4, 0.5) is 17.6 Å². The van der Waals surface area contributed by atoms with Gasteiger partial charge in [-0.3, -0.25) is 0 Å². The first kappa shape index (κ1) is 12.1. The highest BCUT2D eigenvalue weighted by atomic mass is 79.9. The van der Waals surface area contributed by atoms with E-state index in [1.165, 1.54) is 12.1 Å². The van der Waals surface area contributed by atoms with Crippen molar-refractivity contribution in [2.24, 2.45) is 0 Å². The van der Waals surface area contributed by atoms with Crippen LogP contribution in [0, 0.1) is 5.82 Å². The predicted molar refractivity (Wildman–Crippen MR) is 56.7 cm³/mol. The fourth-order valence-electron chi connectivity index (χ4n) is 1.28. The normalized spacial score (nSPS) is 11.8. The molecule has 0 bridgehead atoms. The van der Waals surface area contributed by atoms with E-state index in [1.807, 2.05) is 0 Å². The molecule has 0 saturated heterocycles. The minimum Gasteiger partial charge on any atom is -0.334 e. The SMILES string of the molecule is Fc1ccc(Br)c(-c2ncc(C(F)(F)F)[nH]2)c1. The van der Waals surface area contributed by atoms with E-state index in [0.717, 1.165) is 6.07 Å². The quantitative estimate of drug-likeness (QED) is 0.793. The molecule has 90 valence electrons. The van der Waals surface area contributed by atoms with E-state index in [1.54, 1.807) is 0 Å². The molecule has 0 fully saturated rings. The van der Waals surface area contributed by atoms with Gasteiger partial charge in [-0.2, -0.15) is 13.2 Å². The Morgan fingerprint density at radius 3 is 2.53 bits per heavy atom. The highest BCUT2D eigenvalue weighted by molar-refractivity contribution is 9.10. The maximum atomic E-state index is 13.0. The molecule has 1 aromatic carbocycles. The van der Waals surface area contributed by atoms with Crippen LogP contribution in [0.15, 0.2) is 28.9 Å². The molecule has 0 saturated carbocycles. The molecule has 7 heteroatoms. The number of rotatable bonds is 1. The van der Waals surface area contributed by atoms with Gasteiger partial charge in [-0.25, -0.2) is 9.37 Å². The summed E-state index contributed by atoms with van der Waals surface area (Å²) < 4.78 is 50.5. The molecular weight excluding hydrogens is 304 g/mol. The van der Waals surface area contributed by atoms with Crippen LogP contribution in [-0.4, -0.2) is 9.97 Å². The van der Waals surface area contributed by atoms with Crippen LogP contribution in [0.1, 0.15) is 5.69 Å². The number of nitrogens with one attached hydrogen (secondary N) is 1. The smallest absolute Gasteiger partial charge is 0.334 e. The summed E-state index contributed by atoms with van der Waals surface area (Å²) in [7, 11) is 0. The number of imidazole rings is 1. The molecule has 2 nitrogen and oxygen atoms in total. The average molecular weight is 309 g/mol. The zero-order valence-electron chi connectivity index (χ0n) is 8.15. The van der Waals surface area contributed by atoms with Gasteiger partial charge in [0, 0.05) is 10.0 Å². The Balaban J connectivity index is 2.47. The Morgan fingerprint density at radius 2 is 1.94 bits per heavy atom. The van der Waals surface area contributed by atoms with E-state index in [2.05, 4.69) is 25.9 Å². The Labute approximate surface area is 102 Å². The van der Waals surface area contributed by atoms with Crippen LogP contribution in [0.25, 0.3) is 11.4 Å². The molecule has 1 aromatic heterocycles. The van der Waals surface area contributed by atoms with Crippen molar-refractivity contribution in [3.05, 3.63) is 40.4 Å². The van der Waals surface area contributed by atoms with Crippen molar-refractivity contribution in [2.45, 2.75) is 6.18 Å². The number of hydrogen-bond acceptors (Lipinski definition) is 1. The molecule has 0 aliphatic heterocycles. The van der Waals surface area contributed by atoms with Crippen LogP contribution < -0.4 is 0 Å². The van der Waals surface area contributed by atoms with E-state index in [0.29, 0.717) is 10.7 Å². The Bertz CT molecular complexity index is 547. The van der Waals surface area contributed by atoms with Gasteiger partial charge in [0.2, 0.25) is 0 Å². The number of hydrogen-bond donors (Lipinski definition) is 1. The first-order chi connectivity index (χ1) is 7.88. The lowest BCUT2D eigenvalue weighted by atomic mass is 10.2. The maximum Gasteiger partial charge on any atom is 0.432 e. The Morgan fingerprint density at radius 1 is 1.24 bits per heavy atom. The number of nitrogens with zero attached hydrogens (tertiary/aromatic N) is 1. The molecule has 0 unspecified atom stereocenters. The largest absolute Gasteiger partial charge is 0.432 e. The number of halogens is 5. The second kappa shape index (κ2) is 4.14. The number of benzene rings is 1. The van der Waals surface area contributed by atoms with E-state index in [4.69, 9.17) is 0 Å². The molecule has 0 aliphatic carbocycles. The van der Waals surface area contributed by atoms with Gasteiger partial charge in [0.25, 0.3) is 0 Å². The van der Waals surface area contributed by atoms with E-state index >= 15 is 0 Å². The van der Waals surface area contributed by atoms with Gasteiger partial charge in [-0.05, 0) is 18.2 Å². The van der Waals surface area contributed by atoms with Crippen LogP contribution in [0.2, 0.25) is 0 Å². The first-order valence-electron chi connectivity index (χ1n) is 4.45. The van der Waals surface area contributed by atoms with Crippen LogP contribution in [0.3, 0.4) is 0 Å². The lowest BCUT2D eigenvalue weighted by molar-refractivity contribution is -0.140. The third-order valence-corrected chi connectivity index (χ3v) is 2.76. The molecule has 17 heavy (non-hydrogen) atoms. The second-order valence-corrected chi connectivity index (χ2v) is 4.12. The molecule has 2 aromatic rings. The van der Waals surface area contributed by atoms with E-state index in [-0.39, 0.29) is 11.4 Å². The Hall–Kier alpha value is -1.37. The zero-order valence-corrected chi connectivity index (χ0v) is 9.73. The summed E-state index contributed by atoms with van der Waals surface area (Å²) in [5.41, 5.74) is -0.732. The van der Waals surface area contributed by atoms with Crippen LogP contribution >= 0.6 is 15.9 Å². The van der Waals surface area contributed by atoms with Gasteiger partial charge >= 0.3 is 6.18 Å². The molecule has 0 spiro atoms. The highest BCUT2D eigenvalue weighted by Crippen LogP contribution is 2.31. The summed E-state index contributed by atoms with van der Waals surface area (Å²) in [6.45, 7) is 0. The summed E-state index contributed by atoms with van der Waals surface area (Å²) >= 11 is 3.12. The fourth-order valence-corrected chi connectivity index (χ4v) is 1.72. The van der Waals surface area contributed by atoms with Crippen molar-refractivity contribution in [3.63, 3.8) is 0 Å². The summed E-state index contributed by atoms with van der Waals surface area (Å²) in [6.07, 6.45) is -3.82. The number of alkyl halides is 3. The minimum atomic E-state index is -4.49. The van der Waals surface area contributed by atoms with Crippen molar-refractivity contribution in [3.8, 4) is 11.4 Å². The van der Waals surface area contributed by atoms with Crippen LogP contribution in [0.5, 0.6) is 0 Å². The fraction of sp³-hybridized carbons (Fsp3) is 0.100. The summed E-state index contributed by atoms with van der Waals surface area (Å²) in [5, 5.41) is 0. The molecular formula is C10H5BrF4N2. The predicted octanol–water partition coefficient (Wildman–Crippen LogP) is 4.00. The van der Waals surface area contributed by atoms with Crippen molar-refractivity contribution < 1.29 is 17.6 Å². The summed E-state index contributed by atoms with van der Waals surface area (Å²) in [5.74, 6) is -0.586. The van der Waals surface area contributed by atoms with Gasteiger partial charge in [0.05, 0.1) is 6.20 Å². The molecule has 1 heterocycles. The van der Waals surface area contributed by atoms with Gasteiger partial charge in [0.1, 0.15) is 17.3 Å². The average Bonchev–Trinajstić information content (AvgIpc) is 2.70. The summed E-state index contributed by atoms with van der Waals surface area (Å²) in [4.78, 5) is 5.69. The lowest BCUT2D eigenvalue weighted by Crippen LogP contribution is -2.04.